The summed E-state index contributed by atoms with van der Waals surface area (Å²) in [6.45, 7) is 2.14. The van der Waals surface area contributed by atoms with Crippen LogP contribution in [0.1, 0.15) is 30.7 Å². The highest BCUT2D eigenvalue weighted by atomic mass is 32.1. The van der Waals surface area contributed by atoms with Crippen molar-refractivity contribution in [2.24, 2.45) is 5.92 Å². The number of hydrogen-bond donors (Lipinski definition) is 2. The Morgan fingerprint density at radius 1 is 1.56 bits per heavy atom. The predicted octanol–water partition coefficient (Wildman–Crippen LogP) is 2.49. The highest BCUT2D eigenvalue weighted by Crippen LogP contribution is 2.39. The van der Waals surface area contributed by atoms with E-state index in [9.17, 15) is 5.11 Å². The van der Waals surface area contributed by atoms with Gasteiger partial charge in [0.2, 0.25) is 0 Å². The monoisotopic (exact) mass is 234 g/mol. The lowest BCUT2D eigenvalue weighted by molar-refractivity contribution is 0.136. The minimum Gasteiger partial charge on any atom is -0.398 e. The molecule has 0 saturated carbocycles. The average molecular weight is 234 g/mol. The van der Waals surface area contributed by atoms with Crippen LogP contribution in [0, 0.1) is 5.92 Å². The summed E-state index contributed by atoms with van der Waals surface area (Å²) in [5.41, 5.74) is 8.70. The summed E-state index contributed by atoms with van der Waals surface area (Å²) in [5.74, 6) is 0.479. The molecule has 16 heavy (non-hydrogen) atoms. The Kier molecular flexibility index (Phi) is 2.16. The summed E-state index contributed by atoms with van der Waals surface area (Å²) in [6, 6.07) is 1.98. The summed E-state index contributed by atoms with van der Waals surface area (Å²) >= 11 is 1.60. The van der Waals surface area contributed by atoms with Gasteiger partial charge in [0.05, 0.1) is 11.8 Å². The van der Waals surface area contributed by atoms with E-state index in [4.69, 9.17) is 5.73 Å². The van der Waals surface area contributed by atoms with Crippen molar-refractivity contribution in [3.05, 3.63) is 22.7 Å². The Balaban J connectivity index is 2.30. The van der Waals surface area contributed by atoms with Crippen LogP contribution in [0.2, 0.25) is 0 Å². The number of rotatable bonds is 0. The SMILES string of the molecule is CC1Cc2nc3sccc3c(N)c2C(O)C1. The lowest BCUT2D eigenvalue weighted by atomic mass is 9.85. The van der Waals surface area contributed by atoms with Gasteiger partial charge in [-0.3, -0.25) is 0 Å². The van der Waals surface area contributed by atoms with Gasteiger partial charge in [0, 0.05) is 16.6 Å². The van der Waals surface area contributed by atoms with E-state index in [1.54, 1.807) is 11.3 Å². The molecule has 2 heterocycles. The molecule has 0 radical (unpaired) electrons. The molecule has 4 heteroatoms. The number of aromatic nitrogens is 1. The molecule has 2 aromatic rings. The van der Waals surface area contributed by atoms with Gasteiger partial charge >= 0.3 is 0 Å². The number of nitrogens with zero attached hydrogens (tertiary/aromatic N) is 1. The fraction of sp³-hybridized carbons (Fsp3) is 0.417. The third-order valence-electron chi connectivity index (χ3n) is 3.27. The van der Waals surface area contributed by atoms with Crippen molar-refractivity contribution in [3.63, 3.8) is 0 Å². The van der Waals surface area contributed by atoms with E-state index in [1.165, 1.54) is 0 Å². The Morgan fingerprint density at radius 3 is 3.19 bits per heavy atom. The van der Waals surface area contributed by atoms with E-state index in [1.807, 2.05) is 11.4 Å². The third kappa shape index (κ3) is 1.33. The predicted molar refractivity (Wildman–Crippen MR) is 66.5 cm³/mol. The van der Waals surface area contributed by atoms with Crippen LogP contribution in [-0.2, 0) is 6.42 Å². The fourth-order valence-corrected chi connectivity index (χ4v) is 3.32. The second-order valence-electron chi connectivity index (χ2n) is 4.59. The van der Waals surface area contributed by atoms with E-state index in [0.717, 1.165) is 40.0 Å². The second-order valence-corrected chi connectivity index (χ2v) is 5.48. The lowest BCUT2D eigenvalue weighted by Gasteiger charge is -2.26. The Morgan fingerprint density at radius 2 is 2.38 bits per heavy atom. The molecule has 0 spiro atoms. The molecular weight excluding hydrogens is 220 g/mol. The number of aliphatic hydroxyl groups excluding tert-OH is 1. The number of aliphatic hydroxyl groups is 1. The van der Waals surface area contributed by atoms with E-state index in [-0.39, 0.29) is 0 Å². The van der Waals surface area contributed by atoms with Crippen LogP contribution in [0.5, 0.6) is 0 Å². The zero-order valence-corrected chi connectivity index (χ0v) is 9.92. The fourth-order valence-electron chi connectivity index (χ4n) is 2.52. The number of thiophene rings is 1. The first-order valence-corrected chi connectivity index (χ1v) is 6.38. The van der Waals surface area contributed by atoms with Crippen LogP contribution in [0.15, 0.2) is 11.4 Å². The quantitative estimate of drug-likeness (QED) is 0.736. The first-order valence-electron chi connectivity index (χ1n) is 5.50. The maximum absolute atomic E-state index is 10.1. The van der Waals surface area contributed by atoms with Gasteiger partial charge in [-0.15, -0.1) is 11.3 Å². The molecule has 0 aromatic carbocycles. The standard InChI is InChI=1S/C12H14N2OS/c1-6-4-8-10(9(15)5-6)11(13)7-2-3-16-12(7)14-8/h2-3,6,9,15H,4-5H2,1H3,(H2,13,14). The molecule has 2 unspecified atom stereocenters. The minimum atomic E-state index is -0.449. The van der Waals surface area contributed by atoms with Crippen molar-refractivity contribution < 1.29 is 5.11 Å². The highest BCUT2D eigenvalue weighted by molar-refractivity contribution is 7.16. The maximum Gasteiger partial charge on any atom is 0.125 e. The summed E-state index contributed by atoms with van der Waals surface area (Å²) in [4.78, 5) is 5.60. The molecule has 2 aromatic heterocycles. The second kappa shape index (κ2) is 3.43. The number of anilines is 1. The molecule has 3 nitrogen and oxygen atoms in total. The van der Waals surface area contributed by atoms with Gasteiger partial charge < -0.3 is 10.8 Å². The number of nitrogens with two attached hydrogens (primary N) is 1. The molecule has 3 rings (SSSR count). The molecule has 0 bridgehead atoms. The van der Waals surface area contributed by atoms with Crippen LogP contribution >= 0.6 is 11.3 Å². The van der Waals surface area contributed by atoms with Crippen molar-refractivity contribution >= 4 is 27.2 Å². The van der Waals surface area contributed by atoms with Gasteiger partial charge in [-0.25, -0.2) is 4.98 Å². The van der Waals surface area contributed by atoms with Gasteiger partial charge in [-0.2, -0.15) is 0 Å². The normalized spacial score (nSPS) is 24.6. The Hall–Kier alpha value is -1.13. The highest BCUT2D eigenvalue weighted by Gasteiger charge is 2.27. The van der Waals surface area contributed by atoms with E-state index in [2.05, 4.69) is 11.9 Å². The maximum atomic E-state index is 10.1. The van der Waals surface area contributed by atoms with Gasteiger partial charge in [0.15, 0.2) is 0 Å². The first-order chi connectivity index (χ1) is 7.66. The zero-order valence-electron chi connectivity index (χ0n) is 9.10. The topological polar surface area (TPSA) is 59.1 Å². The number of pyridine rings is 1. The Bertz CT molecular complexity index is 549. The molecule has 0 saturated heterocycles. The van der Waals surface area contributed by atoms with Crippen molar-refractivity contribution in [2.45, 2.75) is 25.9 Å². The molecular formula is C12H14N2OS. The van der Waals surface area contributed by atoms with Gasteiger partial charge in [-0.05, 0) is 30.2 Å². The molecule has 2 atom stereocenters. The molecule has 0 fully saturated rings. The lowest BCUT2D eigenvalue weighted by Crippen LogP contribution is -2.19. The third-order valence-corrected chi connectivity index (χ3v) is 4.08. The van der Waals surface area contributed by atoms with Gasteiger partial charge in [0.25, 0.3) is 0 Å². The van der Waals surface area contributed by atoms with Crippen LogP contribution < -0.4 is 5.73 Å². The molecule has 3 N–H and O–H groups in total. The molecule has 0 amide bonds. The smallest absolute Gasteiger partial charge is 0.125 e. The first kappa shape index (κ1) is 10.1. The number of hydrogen-bond acceptors (Lipinski definition) is 4. The number of nitrogen functional groups attached to an aromatic ring is 1. The van der Waals surface area contributed by atoms with Crippen molar-refractivity contribution in [1.29, 1.82) is 0 Å². The van der Waals surface area contributed by atoms with Crippen LogP contribution in [-0.4, -0.2) is 10.1 Å². The van der Waals surface area contributed by atoms with Crippen molar-refractivity contribution in [2.75, 3.05) is 5.73 Å². The van der Waals surface area contributed by atoms with E-state index in [0.29, 0.717) is 5.92 Å². The van der Waals surface area contributed by atoms with Crippen molar-refractivity contribution in [3.8, 4) is 0 Å². The molecule has 1 aliphatic carbocycles. The molecule has 0 aliphatic heterocycles. The summed E-state index contributed by atoms with van der Waals surface area (Å²) in [7, 11) is 0. The van der Waals surface area contributed by atoms with E-state index < -0.39 is 6.10 Å². The molecule has 84 valence electrons. The van der Waals surface area contributed by atoms with E-state index >= 15 is 0 Å². The summed E-state index contributed by atoms with van der Waals surface area (Å²) in [6.07, 6.45) is 1.26. The summed E-state index contributed by atoms with van der Waals surface area (Å²) < 4.78 is 0. The van der Waals surface area contributed by atoms with Crippen LogP contribution in [0.3, 0.4) is 0 Å². The van der Waals surface area contributed by atoms with Crippen LogP contribution in [0.4, 0.5) is 5.69 Å². The van der Waals surface area contributed by atoms with Crippen molar-refractivity contribution in [1.82, 2.24) is 4.98 Å². The summed E-state index contributed by atoms with van der Waals surface area (Å²) in [5, 5.41) is 13.1. The minimum absolute atomic E-state index is 0.449. The average Bonchev–Trinajstić information content (AvgIpc) is 2.64. The van der Waals surface area contributed by atoms with Gasteiger partial charge in [0.1, 0.15) is 4.83 Å². The van der Waals surface area contributed by atoms with Crippen LogP contribution in [0.25, 0.3) is 10.2 Å². The Labute approximate surface area is 97.9 Å². The largest absolute Gasteiger partial charge is 0.398 e. The number of fused-ring (bicyclic) bond motifs is 2. The van der Waals surface area contributed by atoms with Gasteiger partial charge in [-0.1, -0.05) is 6.92 Å². The molecule has 1 aliphatic rings. The zero-order chi connectivity index (χ0) is 11.3.